The minimum Gasteiger partial charge on any atom is -0.508 e. The SMILES string of the molecule is Cl.O=C1NC(=O)c2c1c1c3ccccc3[nH]c1c1c2c2cccc3c2n1C[C@H](Cc1ccc(O)cc1)NC3. The summed E-state index contributed by atoms with van der Waals surface area (Å²) in [6, 6.07) is 21.6. The van der Waals surface area contributed by atoms with Crippen molar-refractivity contribution >= 4 is 67.8 Å². The first-order chi connectivity index (χ1) is 18.1. The lowest BCUT2D eigenvalue weighted by Gasteiger charge is -2.18. The third-order valence-corrected chi connectivity index (χ3v) is 7.94. The number of carbonyl (C=O) groups excluding carboxylic acids is 2. The van der Waals surface area contributed by atoms with Crippen LogP contribution in [0, 0.1) is 0 Å². The summed E-state index contributed by atoms with van der Waals surface area (Å²) in [6.07, 6.45) is 0.787. The number of amides is 2. The topological polar surface area (TPSA) is 99.2 Å². The maximum absolute atomic E-state index is 13.3. The van der Waals surface area contributed by atoms with E-state index in [0.717, 1.165) is 61.2 Å². The first-order valence-corrected chi connectivity index (χ1v) is 12.5. The van der Waals surface area contributed by atoms with Gasteiger partial charge in [0, 0.05) is 46.2 Å². The summed E-state index contributed by atoms with van der Waals surface area (Å²) >= 11 is 0. The number of benzene rings is 4. The van der Waals surface area contributed by atoms with Crippen LogP contribution in [0.4, 0.5) is 0 Å². The molecule has 4 aromatic carbocycles. The van der Waals surface area contributed by atoms with E-state index in [-0.39, 0.29) is 36.0 Å². The minimum atomic E-state index is -0.340. The number of rotatable bonds is 2. The predicted octanol–water partition coefficient (Wildman–Crippen LogP) is 5.15. The average Bonchev–Trinajstić information content (AvgIpc) is 3.48. The Morgan fingerprint density at radius 3 is 2.39 bits per heavy atom. The fourth-order valence-electron chi connectivity index (χ4n) is 6.43. The number of H-pyrrole nitrogens is 1. The van der Waals surface area contributed by atoms with Crippen LogP contribution in [0.15, 0.2) is 66.7 Å². The molecule has 188 valence electrons. The molecule has 0 bridgehead atoms. The molecule has 8 heteroatoms. The zero-order chi connectivity index (χ0) is 24.8. The number of hydrogen-bond acceptors (Lipinski definition) is 4. The van der Waals surface area contributed by atoms with Crippen molar-refractivity contribution in [1.82, 2.24) is 20.2 Å². The van der Waals surface area contributed by atoms with Gasteiger partial charge < -0.3 is 20.0 Å². The molecule has 6 aromatic rings. The number of imide groups is 1. The number of fused-ring (bicyclic) bond motifs is 10. The van der Waals surface area contributed by atoms with Gasteiger partial charge in [-0.3, -0.25) is 14.9 Å². The molecule has 0 aliphatic carbocycles. The molecule has 4 N–H and O–H groups in total. The van der Waals surface area contributed by atoms with E-state index in [4.69, 9.17) is 0 Å². The van der Waals surface area contributed by atoms with Gasteiger partial charge in [-0.15, -0.1) is 12.4 Å². The highest BCUT2D eigenvalue weighted by Crippen LogP contribution is 2.44. The Bertz CT molecular complexity index is 1970. The number of aromatic nitrogens is 2. The van der Waals surface area contributed by atoms with Crippen LogP contribution in [-0.2, 0) is 19.5 Å². The van der Waals surface area contributed by atoms with E-state index in [1.165, 1.54) is 0 Å². The fraction of sp³-hybridized carbons (Fsp3) is 0.133. The van der Waals surface area contributed by atoms with Gasteiger partial charge in [0.2, 0.25) is 0 Å². The van der Waals surface area contributed by atoms with Crippen LogP contribution in [0.5, 0.6) is 5.75 Å². The molecule has 2 aliphatic heterocycles. The van der Waals surface area contributed by atoms with Crippen molar-refractivity contribution in [1.29, 1.82) is 0 Å². The molecule has 7 nitrogen and oxygen atoms in total. The summed E-state index contributed by atoms with van der Waals surface area (Å²) in [5.41, 5.74) is 7.10. The molecule has 0 saturated heterocycles. The van der Waals surface area contributed by atoms with Gasteiger partial charge in [-0.25, -0.2) is 0 Å². The molecule has 0 fully saturated rings. The average molecular weight is 523 g/mol. The van der Waals surface area contributed by atoms with E-state index >= 15 is 0 Å². The molecule has 2 aliphatic rings. The molecule has 0 unspecified atom stereocenters. The Hall–Kier alpha value is -4.33. The van der Waals surface area contributed by atoms with E-state index in [0.29, 0.717) is 24.2 Å². The number of carbonyl (C=O) groups is 2. The Morgan fingerprint density at radius 1 is 0.842 bits per heavy atom. The number of nitrogens with one attached hydrogen (secondary N) is 3. The third-order valence-electron chi connectivity index (χ3n) is 7.94. The van der Waals surface area contributed by atoms with Gasteiger partial charge in [0.1, 0.15) is 5.75 Å². The summed E-state index contributed by atoms with van der Waals surface area (Å²) in [7, 11) is 0. The summed E-state index contributed by atoms with van der Waals surface area (Å²) < 4.78 is 2.33. The van der Waals surface area contributed by atoms with Crippen molar-refractivity contribution in [2.75, 3.05) is 0 Å². The number of halogens is 1. The molecular formula is C30H23ClN4O3. The number of para-hydroxylation sites is 2. The molecule has 2 aromatic heterocycles. The van der Waals surface area contributed by atoms with E-state index in [2.05, 4.69) is 32.3 Å². The van der Waals surface area contributed by atoms with Gasteiger partial charge in [0.25, 0.3) is 11.8 Å². The molecule has 0 radical (unpaired) electrons. The van der Waals surface area contributed by atoms with Gasteiger partial charge in [-0.05, 0) is 35.7 Å². The molecule has 4 heterocycles. The quantitative estimate of drug-likeness (QED) is 0.236. The van der Waals surface area contributed by atoms with Crippen molar-refractivity contribution in [2.45, 2.75) is 25.6 Å². The predicted molar refractivity (Wildman–Crippen MR) is 150 cm³/mol. The second-order valence-corrected chi connectivity index (χ2v) is 10.0. The zero-order valence-electron chi connectivity index (χ0n) is 20.2. The minimum absolute atomic E-state index is 0. The van der Waals surface area contributed by atoms with Crippen molar-refractivity contribution in [3.63, 3.8) is 0 Å². The van der Waals surface area contributed by atoms with Gasteiger partial charge in [0.15, 0.2) is 0 Å². The van der Waals surface area contributed by atoms with Crippen molar-refractivity contribution < 1.29 is 14.7 Å². The summed E-state index contributed by atoms with van der Waals surface area (Å²) in [5.74, 6) is -0.420. The first-order valence-electron chi connectivity index (χ1n) is 12.5. The third kappa shape index (κ3) is 3.00. The normalized spacial score (nSPS) is 16.7. The second-order valence-electron chi connectivity index (χ2n) is 10.0. The highest BCUT2D eigenvalue weighted by Gasteiger charge is 2.36. The largest absolute Gasteiger partial charge is 0.508 e. The van der Waals surface area contributed by atoms with Gasteiger partial charge >= 0.3 is 0 Å². The van der Waals surface area contributed by atoms with Crippen LogP contribution in [-0.4, -0.2) is 32.5 Å². The highest BCUT2D eigenvalue weighted by atomic mass is 35.5. The van der Waals surface area contributed by atoms with Crippen molar-refractivity contribution in [3.05, 3.63) is 89.0 Å². The maximum Gasteiger partial charge on any atom is 0.259 e. The monoisotopic (exact) mass is 522 g/mol. The lowest BCUT2D eigenvalue weighted by molar-refractivity contribution is 0.0880. The molecule has 1 atom stereocenters. The number of phenolic OH excluding ortho intramolecular Hbond substituents is 1. The number of aromatic hydroxyl groups is 1. The standard InChI is InChI=1S/C30H22N4O3.ClH/c35-18-10-8-15(9-11-18)12-17-14-34-27-16(13-31-17)4-3-6-20(27)23-25-24(29(36)33-30(25)37)22-19-5-1-2-7-21(19)32-26(22)28(23)34;/h1-11,17,31-32,35H,12-14H2,(H,33,36,37);1H/t17-;/m0./s1. The lowest BCUT2D eigenvalue weighted by atomic mass is 9.96. The summed E-state index contributed by atoms with van der Waals surface area (Å²) in [5, 5.41) is 19.6. The van der Waals surface area contributed by atoms with Gasteiger partial charge in [-0.2, -0.15) is 0 Å². The summed E-state index contributed by atoms with van der Waals surface area (Å²) in [6.45, 7) is 1.39. The smallest absolute Gasteiger partial charge is 0.259 e. The number of phenols is 1. The van der Waals surface area contributed by atoms with E-state index in [9.17, 15) is 14.7 Å². The van der Waals surface area contributed by atoms with Crippen LogP contribution in [0.2, 0.25) is 0 Å². The molecule has 0 saturated carbocycles. The molecule has 0 spiro atoms. The second kappa shape index (κ2) is 8.08. The Kier molecular flexibility index (Phi) is 4.86. The highest BCUT2D eigenvalue weighted by molar-refractivity contribution is 6.39. The van der Waals surface area contributed by atoms with E-state index in [1.807, 2.05) is 42.5 Å². The van der Waals surface area contributed by atoms with Crippen LogP contribution < -0.4 is 10.6 Å². The first kappa shape index (κ1) is 22.8. The summed E-state index contributed by atoms with van der Waals surface area (Å²) in [4.78, 5) is 30.0. The van der Waals surface area contributed by atoms with Gasteiger partial charge in [-0.1, -0.05) is 48.5 Å². The zero-order valence-corrected chi connectivity index (χ0v) is 21.0. The fourth-order valence-corrected chi connectivity index (χ4v) is 6.43. The molecule has 2 amide bonds. The van der Waals surface area contributed by atoms with Gasteiger partial charge in [0.05, 0.1) is 27.7 Å². The number of nitrogens with zero attached hydrogens (tertiary/aromatic N) is 1. The number of hydrogen-bond donors (Lipinski definition) is 4. The van der Waals surface area contributed by atoms with E-state index < -0.39 is 0 Å². The van der Waals surface area contributed by atoms with Crippen LogP contribution in [0.1, 0.15) is 31.8 Å². The van der Waals surface area contributed by atoms with Crippen molar-refractivity contribution in [2.24, 2.45) is 0 Å². The maximum atomic E-state index is 13.3. The Balaban J connectivity index is 0.00000242. The Labute approximate surface area is 222 Å². The number of aromatic amines is 1. The van der Waals surface area contributed by atoms with Crippen molar-refractivity contribution in [3.8, 4) is 5.75 Å². The van der Waals surface area contributed by atoms with E-state index in [1.54, 1.807) is 12.1 Å². The van der Waals surface area contributed by atoms with Crippen LogP contribution in [0.3, 0.4) is 0 Å². The lowest BCUT2D eigenvalue weighted by Crippen LogP contribution is -2.33. The molecule has 8 rings (SSSR count). The van der Waals surface area contributed by atoms with Crippen LogP contribution in [0.25, 0.3) is 43.6 Å². The van der Waals surface area contributed by atoms with Crippen LogP contribution >= 0.6 is 12.4 Å². The molecular weight excluding hydrogens is 500 g/mol. The Morgan fingerprint density at radius 2 is 1.58 bits per heavy atom. The molecule has 38 heavy (non-hydrogen) atoms.